The lowest BCUT2D eigenvalue weighted by atomic mass is 10.0. The lowest BCUT2D eigenvalue weighted by molar-refractivity contribution is -0.120. The molecule has 3 rings (SSSR count). The molecule has 5 heteroatoms. The Labute approximate surface area is 158 Å². The fourth-order valence-electron chi connectivity index (χ4n) is 2.87. The van der Waals surface area contributed by atoms with E-state index in [9.17, 15) is 9.59 Å². The fraction of sp³-hybridized carbons (Fsp3) is 0.0909. The number of benzene rings is 3. The summed E-state index contributed by atoms with van der Waals surface area (Å²) >= 11 is 0. The van der Waals surface area contributed by atoms with Crippen LogP contribution in [0.15, 0.2) is 78.9 Å². The van der Waals surface area contributed by atoms with E-state index in [1.165, 1.54) is 0 Å². The first-order valence-electron chi connectivity index (χ1n) is 8.63. The van der Waals surface area contributed by atoms with E-state index < -0.39 is 11.9 Å². The summed E-state index contributed by atoms with van der Waals surface area (Å²) in [6.07, 6.45) is 0. The van der Waals surface area contributed by atoms with Gasteiger partial charge in [0.15, 0.2) is 0 Å². The molecule has 0 saturated heterocycles. The number of hydrogen-bond acceptors (Lipinski definition) is 3. The third-order valence-corrected chi connectivity index (χ3v) is 4.34. The minimum Gasteiger partial charge on any atom is -0.368 e. The molecule has 0 aliphatic rings. The van der Waals surface area contributed by atoms with Gasteiger partial charge in [-0.1, -0.05) is 60.7 Å². The third-order valence-electron chi connectivity index (χ3n) is 4.34. The highest BCUT2D eigenvalue weighted by atomic mass is 16.2. The topological polar surface area (TPSA) is 98.2 Å². The highest BCUT2D eigenvalue weighted by Gasteiger charge is 2.20. The molecule has 3 aromatic carbocycles. The second-order valence-electron chi connectivity index (χ2n) is 6.20. The number of primary amides is 1. The molecule has 0 aliphatic carbocycles. The van der Waals surface area contributed by atoms with Crippen LogP contribution in [0.1, 0.15) is 27.5 Å². The van der Waals surface area contributed by atoms with Crippen molar-refractivity contribution < 1.29 is 9.59 Å². The second kappa shape index (κ2) is 8.29. The average Bonchev–Trinajstić information content (AvgIpc) is 2.72. The summed E-state index contributed by atoms with van der Waals surface area (Å²) < 4.78 is 0. The summed E-state index contributed by atoms with van der Waals surface area (Å²) in [4.78, 5) is 24.3. The van der Waals surface area contributed by atoms with Crippen molar-refractivity contribution in [2.75, 3.05) is 0 Å². The normalized spacial score (nSPS) is 11.6. The molecule has 5 nitrogen and oxygen atoms in total. The van der Waals surface area contributed by atoms with Crippen molar-refractivity contribution in [3.05, 3.63) is 95.6 Å². The van der Waals surface area contributed by atoms with Crippen molar-refractivity contribution in [3.8, 4) is 11.1 Å². The highest BCUT2D eigenvalue weighted by Crippen LogP contribution is 2.21. The Bertz CT molecular complexity index is 937. The molecule has 2 amide bonds. The van der Waals surface area contributed by atoms with Gasteiger partial charge in [-0.2, -0.15) is 0 Å². The molecule has 0 radical (unpaired) electrons. The zero-order chi connectivity index (χ0) is 19.2. The summed E-state index contributed by atoms with van der Waals surface area (Å²) in [5, 5.41) is 2.70. The van der Waals surface area contributed by atoms with Gasteiger partial charge in [0.1, 0.15) is 6.04 Å². The Morgan fingerprint density at radius 3 is 2.19 bits per heavy atom. The Morgan fingerprint density at radius 2 is 1.56 bits per heavy atom. The molecule has 5 N–H and O–H groups in total. The van der Waals surface area contributed by atoms with Crippen molar-refractivity contribution in [3.63, 3.8) is 0 Å². The standard InChI is InChI=1S/C22H21N3O2/c23-14-15-5-4-8-19(13-15)16-9-11-18(12-10-16)22(27)25-20(21(24)26)17-6-2-1-3-7-17/h1-13,20H,14,23H2,(H2,24,26)(H,25,27). The SMILES string of the molecule is NCc1cccc(-c2ccc(C(=O)NC(C(N)=O)c3ccccc3)cc2)c1. The summed E-state index contributed by atoms with van der Waals surface area (Å²) in [7, 11) is 0. The van der Waals surface area contributed by atoms with E-state index in [0.717, 1.165) is 16.7 Å². The first-order chi connectivity index (χ1) is 13.1. The van der Waals surface area contributed by atoms with Gasteiger partial charge >= 0.3 is 0 Å². The van der Waals surface area contributed by atoms with Crippen molar-refractivity contribution >= 4 is 11.8 Å². The van der Waals surface area contributed by atoms with Gasteiger partial charge in [-0.15, -0.1) is 0 Å². The first-order valence-corrected chi connectivity index (χ1v) is 8.63. The Kier molecular flexibility index (Phi) is 5.64. The quantitative estimate of drug-likeness (QED) is 0.631. The van der Waals surface area contributed by atoms with Crippen molar-refractivity contribution in [2.45, 2.75) is 12.6 Å². The van der Waals surface area contributed by atoms with Crippen LogP contribution in [0.4, 0.5) is 0 Å². The van der Waals surface area contributed by atoms with Gasteiger partial charge in [-0.3, -0.25) is 9.59 Å². The Hall–Kier alpha value is -3.44. The van der Waals surface area contributed by atoms with Crippen LogP contribution in [0.5, 0.6) is 0 Å². The zero-order valence-electron chi connectivity index (χ0n) is 14.8. The number of carbonyl (C=O) groups is 2. The lowest BCUT2D eigenvalue weighted by Gasteiger charge is -2.16. The predicted octanol–water partition coefficient (Wildman–Crippen LogP) is 2.77. The maximum absolute atomic E-state index is 12.5. The number of carbonyl (C=O) groups excluding carboxylic acids is 2. The molecule has 3 aromatic rings. The van der Waals surface area contributed by atoms with Gasteiger partial charge in [-0.05, 0) is 40.5 Å². The van der Waals surface area contributed by atoms with Crippen LogP contribution < -0.4 is 16.8 Å². The third kappa shape index (κ3) is 4.40. The monoisotopic (exact) mass is 359 g/mol. The largest absolute Gasteiger partial charge is 0.368 e. The van der Waals surface area contributed by atoms with Crippen LogP contribution in [-0.2, 0) is 11.3 Å². The summed E-state index contributed by atoms with van der Waals surface area (Å²) in [6, 6.07) is 23.2. The summed E-state index contributed by atoms with van der Waals surface area (Å²) in [5.74, 6) is -0.963. The van der Waals surface area contributed by atoms with Gasteiger partial charge in [0, 0.05) is 12.1 Å². The van der Waals surface area contributed by atoms with Crippen LogP contribution in [0.2, 0.25) is 0 Å². The van der Waals surface area contributed by atoms with Gasteiger partial charge in [0.2, 0.25) is 5.91 Å². The Balaban J connectivity index is 1.78. The predicted molar refractivity (Wildman–Crippen MR) is 106 cm³/mol. The van der Waals surface area contributed by atoms with Gasteiger partial charge in [0.05, 0.1) is 0 Å². The van der Waals surface area contributed by atoms with E-state index in [-0.39, 0.29) is 5.91 Å². The van der Waals surface area contributed by atoms with Crippen LogP contribution in [0.25, 0.3) is 11.1 Å². The maximum atomic E-state index is 12.5. The van der Waals surface area contributed by atoms with Gasteiger partial charge < -0.3 is 16.8 Å². The average molecular weight is 359 g/mol. The first kappa shape index (κ1) is 18.4. The minimum absolute atomic E-state index is 0.357. The molecule has 0 heterocycles. The number of amides is 2. The van der Waals surface area contributed by atoms with Crippen LogP contribution >= 0.6 is 0 Å². The number of nitrogens with two attached hydrogens (primary N) is 2. The molecular weight excluding hydrogens is 338 g/mol. The maximum Gasteiger partial charge on any atom is 0.252 e. The number of rotatable bonds is 6. The highest BCUT2D eigenvalue weighted by molar-refractivity contribution is 5.98. The molecule has 0 aliphatic heterocycles. The molecule has 1 unspecified atom stereocenters. The molecule has 0 saturated carbocycles. The molecule has 1 atom stereocenters. The van der Waals surface area contributed by atoms with Crippen molar-refractivity contribution in [1.29, 1.82) is 0 Å². The van der Waals surface area contributed by atoms with Crippen LogP contribution in [-0.4, -0.2) is 11.8 Å². The fourth-order valence-corrected chi connectivity index (χ4v) is 2.87. The van der Waals surface area contributed by atoms with E-state index >= 15 is 0 Å². The van der Waals surface area contributed by atoms with E-state index in [0.29, 0.717) is 17.7 Å². The second-order valence-corrected chi connectivity index (χ2v) is 6.20. The number of hydrogen-bond donors (Lipinski definition) is 3. The molecule has 0 aromatic heterocycles. The van der Waals surface area contributed by atoms with E-state index in [1.807, 2.05) is 42.5 Å². The van der Waals surface area contributed by atoms with Crippen LogP contribution in [0, 0.1) is 0 Å². The molecule has 27 heavy (non-hydrogen) atoms. The zero-order valence-corrected chi connectivity index (χ0v) is 14.8. The van der Waals surface area contributed by atoms with E-state index in [2.05, 4.69) is 5.32 Å². The van der Waals surface area contributed by atoms with E-state index in [1.54, 1.807) is 36.4 Å². The smallest absolute Gasteiger partial charge is 0.252 e. The molecule has 0 spiro atoms. The Morgan fingerprint density at radius 1 is 0.852 bits per heavy atom. The molecule has 136 valence electrons. The van der Waals surface area contributed by atoms with Crippen molar-refractivity contribution in [2.24, 2.45) is 11.5 Å². The molecule has 0 fully saturated rings. The summed E-state index contributed by atoms with van der Waals surface area (Å²) in [6.45, 7) is 0.475. The lowest BCUT2D eigenvalue weighted by Crippen LogP contribution is -2.37. The van der Waals surface area contributed by atoms with Gasteiger partial charge in [0.25, 0.3) is 5.91 Å². The van der Waals surface area contributed by atoms with E-state index in [4.69, 9.17) is 11.5 Å². The van der Waals surface area contributed by atoms with Crippen LogP contribution in [0.3, 0.4) is 0 Å². The van der Waals surface area contributed by atoms with Gasteiger partial charge in [-0.25, -0.2) is 0 Å². The minimum atomic E-state index is -0.875. The summed E-state index contributed by atoms with van der Waals surface area (Å²) in [5.41, 5.74) is 15.3. The van der Waals surface area contributed by atoms with Crippen molar-refractivity contribution in [1.82, 2.24) is 5.32 Å². The molecular formula is C22H21N3O2. The number of nitrogens with one attached hydrogen (secondary N) is 1. The molecule has 0 bridgehead atoms.